The van der Waals surface area contributed by atoms with Gasteiger partial charge in [-0.1, -0.05) is 24.0 Å². The number of carbonyl (C=O) groups is 1. The lowest BCUT2D eigenvalue weighted by molar-refractivity contribution is 0.102. The molecule has 2 rings (SSSR count). The van der Waals surface area contributed by atoms with E-state index in [2.05, 4.69) is 22.1 Å². The minimum absolute atomic E-state index is 0.231. The van der Waals surface area contributed by atoms with Crippen molar-refractivity contribution >= 4 is 11.7 Å². The van der Waals surface area contributed by atoms with Gasteiger partial charge in [0.25, 0.3) is 5.91 Å². The summed E-state index contributed by atoms with van der Waals surface area (Å²) in [6, 6.07) is 10.8. The summed E-state index contributed by atoms with van der Waals surface area (Å²) in [5, 5.41) is 2.77. The van der Waals surface area contributed by atoms with Crippen molar-refractivity contribution in [2.24, 2.45) is 5.73 Å². The summed E-state index contributed by atoms with van der Waals surface area (Å²) < 4.78 is 0. The van der Waals surface area contributed by atoms with E-state index in [9.17, 15) is 4.79 Å². The van der Waals surface area contributed by atoms with E-state index in [0.717, 1.165) is 5.56 Å². The van der Waals surface area contributed by atoms with Crippen molar-refractivity contribution in [1.82, 2.24) is 4.98 Å². The van der Waals surface area contributed by atoms with Crippen molar-refractivity contribution in [3.63, 3.8) is 0 Å². The molecule has 0 saturated heterocycles. The molecule has 20 heavy (non-hydrogen) atoms. The van der Waals surface area contributed by atoms with Crippen molar-refractivity contribution in [3.05, 3.63) is 59.3 Å². The summed E-state index contributed by atoms with van der Waals surface area (Å²) in [6.07, 6.45) is 1.66. The van der Waals surface area contributed by atoms with Crippen LogP contribution < -0.4 is 11.1 Å². The predicted octanol–water partition coefficient (Wildman–Crippen LogP) is 1.95. The summed E-state index contributed by atoms with van der Waals surface area (Å²) in [4.78, 5) is 16.4. The molecule has 1 amide bonds. The molecule has 1 aromatic carbocycles. The van der Waals surface area contributed by atoms with Gasteiger partial charge in [-0.15, -0.1) is 0 Å². The Hall–Kier alpha value is -2.64. The van der Waals surface area contributed by atoms with Crippen LogP contribution in [0.3, 0.4) is 0 Å². The first-order valence-electron chi connectivity index (χ1n) is 6.22. The topological polar surface area (TPSA) is 68.0 Å². The average molecular weight is 265 g/mol. The number of amides is 1. The van der Waals surface area contributed by atoms with Crippen molar-refractivity contribution in [2.75, 3.05) is 11.9 Å². The summed E-state index contributed by atoms with van der Waals surface area (Å²) in [7, 11) is 0. The van der Waals surface area contributed by atoms with E-state index < -0.39 is 0 Å². The van der Waals surface area contributed by atoms with Crippen LogP contribution in [-0.4, -0.2) is 17.4 Å². The van der Waals surface area contributed by atoms with Crippen molar-refractivity contribution in [2.45, 2.75) is 6.92 Å². The van der Waals surface area contributed by atoms with Gasteiger partial charge in [0.2, 0.25) is 0 Å². The minimum Gasteiger partial charge on any atom is -0.320 e. The third-order valence-electron chi connectivity index (χ3n) is 2.65. The van der Waals surface area contributed by atoms with Gasteiger partial charge < -0.3 is 11.1 Å². The maximum absolute atomic E-state index is 12.3. The highest BCUT2D eigenvalue weighted by Gasteiger charge is 2.10. The lowest BCUT2D eigenvalue weighted by atomic mass is 10.1. The number of nitrogens with one attached hydrogen (secondary N) is 1. The maximum atomic E-state index is 12.3. The molecule has 0 spiro atoms. The lowest BCUT2D eigenvalue weighted by Gasteiger charge is -2.06. The Morgan fingerprint density at radius 3 is 2.90 bits per heavy atom. The van der Waals surface area contributed by atoms with E-state index in [-0.39, 0.29) is 12.5 Å². The zero-order valence-corrected chi connectivity index (χ0v) is 11.2. The molecular weight excluding hydrogens is 250 g/mol. The van der Waals surface area contributed by atoms with Gasteiger partial charge >= 0.3 is 0 Å². The Bertz CT molecular complexity index is 683. The molecule has 100 valence electrons. The summed E-state index contributed by atoms with van der Waals surface area (Å²) in [5.41, 5.74) is 7.56. The fraction of sp³-hybridized carbons (Fsp3) is 0.125. The van der Waals surface area contributed by atoms with Crippen LogP contribution in [0.1, 0.15) is 21.5 Å². The highest BCUT2D eigenvalue weighted by Crippen LogP contribution is 2.11. The van der Waals surface area contributed by atoms with Crippen molar-refractivity contribution in [1.29, 1.82) is 0 Å². The predicted molar refractivity (Wildman–Crippen MR) is 79.3 cm³/mol. The second-order valence-corrected chi connectivity index (χ2v) is 4.22. The van der Waals surface area contributed by atoms with Gasteiger partial charge in [0.15, 0.2) is 0 Å². The number of aryl methyl sites for hydroxylation is 1. The molecule has 0 aliphatic carbocycles. The number of carbonyl (C=O) groups excluding carboxylic acids is 1. The number of anilines is 1. The van der Waals surface area contributed by atoms with Gasteiger partial charge in [0, 0.05) is 11.8 Å². The Labute approximate surface area is 118 Å². The Kier molecular flexibility index (Phi) is 4.48. The van der Waals surface area contributed by atoms with Gasteiger partial charge in [-0.3, -0.25) is 4.79 Å². The SMILES string of the molecule is Cc1ccnc(NC(=O)c2ccccc2C#CCN)c1. The van der Waals surface area contributed by atoms with E-state index in [0.29, 0.717) is 16.9 Å². The first-order chi connectivity index (χ1) is 9.70. The number of aromatic nitrogens is 1. The van der Waals surface area contributed by atoms with E-state index in [1.807, 2.05) is 25.1 Å². The summed E-state index contributed by atoms with van der Waals surface area (Å²) in [6.45, 7) is 2.20. The summed E-state index contributed by atoms with van der Waals surface area (Å²) >= 11 is 0. The second kappa shape index (κ2) is 6.50. The maximum Gasteiger partial charge on any atom is 0.258 e. The van der Waals surface area contributed by atoms with Crippen LogP contribution in [0, 0.1) is 18.8 Å². The number of benzene rings is 1. The van der Waals surface area contributed by atoms with Gasteiger partial charge in [0.1, 0.15) is 5.82 Å². The zero-order chi connectivity index (χ0) is 14.4. The van der Waals surface area contributed by atoms with Gasteiger partial charge in [-0.05, 0) is 36.8 Å². The fourth-order valence-corrected chi connectivity index (χ4v) is 1.72. The van der Waals surface area contributed by atoms with Crippen LogP contribution in [0.5, 0.6) is 0 Å². The third kappa shape index (κ3) is 3.44. The number of rotatable bonds is 2. The Morgan fingerprint density at radius 1 is 1.35 bits per heavy atom. The highest BCUT2D eigenvalue weighted by molar-refractivity contribution is 6.05. The first kappa shape index (κ1) is 13.8. The number of hydrogen-bond acceptors (Lipinski definition) is 3. The van der Waals surface area contributed by atoms with Crippen LogP contribution in [0.25, 0.3) is 0 Å². The van der Waals surface area contributed by atoms with E-state index in [1.54, 1.807) is 24.4 Å². The molecule has 0 saturated carbocycles. The molecule has 4 nitrogen and oxygen atoms in total. The van der Waals surface area contributed by atoms with Gasteiger partial charge in [-0.2, -0.15) is 0 Å². The fourth-order valence-electron chi connectivity index (χ4n) is 1.72. The Balaban J connectivity index is 2.25. The zero-order valence-electron chi connectivity index (χ0n) is 11.2. The standard InChI is InChI=1S/C16H15N3O/c1-12-8-10-18-15(11-12)19-16(20)14-7-3-2-5-13(14)6-4-9-17/h2-3,5,7-8,10-11H,9,17H2,1H3,(H,18,19,20). The molecule has 0 unspecified atom stereocenters. The van der Waals surface area contributed by atoms with Crippen LogP contribution in [0.4, 0.5) is 5.82 Å². The largest absolute Gasteiger partial charge is 0.320 e. The van der Waals surface area contributed by atoms with Crippen molar-refractivity contribution in [3.8, 4) is 11.8 Å². The molecule has 0 atom stereocenters. The molecule has 0 fully saturated rings. The minimum atomic E-state index is -0.231. The monoisotopic (exact) mass is 265 g/mol. The summed E-state index contributed by atoms with van der Waals surface area (Å²) in [5.74, 6) is 5.94. The van der Waals surface area contributed by atoms with Crippen LogP contribution >= 0.6 is 0 Å². The normalized spacial score (nSPS) is 9.50. The average Bonchev–Trinajstić information content (AvgIpc) is 2.45. The molecule has 1 heterocycles. The van der Waals surface area contributed by atoms with Gasteiger partial charge in [-0.25, -0.2) is 4.98 Å². The molecule has 1 aromatic heterocycles. The molecule has 0 aliphatic rings. The number of nitrogens with zero attached hydrogens (tertiary/aromatic N) is 1. The molecule has 2 aromatic rings. The lowest BCUT2D eigenvalue weighted by Crippen LogP contribution is -2.14. The second-order valence-electron chi connectivity index (χ2n) is 4.22. The highest BCUT2D eigenvalue weighted by atomic mass is 16.1. The molecule has 4 heteroatoms. The number of hydrogen-bond donors (Lipinski definition) is 2. The molecular formula is C16H15N3O. The van der Waals surface area contributed by atoms with E-state index in [4.69, 9.17) is 5.73 Å². The van der Waals surface area contributed by atoms with Crippen molar-refractivity contribution < 1.29 is 4.79 Å². The molecule has 0 radical (unpaired) electrons. The molecule has 0 bridgehead atoms. The van der Waals surface area contributed by atoms with E-state index in [1.165, 1.54) is 0 Å². The quantitative estimate of drug-likeness (QED) is 0.815. The van der Waals surface area contributed by atoms with Crippen LogP contribution in [-0.2, 0) is 0 Å². The third-order valence-corrected chi connectivity index (χ3v) is 2.65. The Morgan fingerprint density at radius 2 is 2.15 bits per heavy atom. The van der Waals surface area contributed by atoms with Gasteiger partial charge in [0.05, 0.1) is 12.1 Å². The van der Waals surface area contributed by atoms with Crippen LogP contribution in [0.2, 0.25) is 0 Å². The first-order valence-corrected chi connectivity index (χ1v) is 6.22. The number of nitrogens with two attached hydrogens (primary N) is 1. The smallest absolute Gasteiger partial charge is 0.258 e. The molecule has 3 N–H and O–H groups in total. The molecule has 0 aliphatic heterocycles. The van der Waals surface area contributed by atoms with E-state index >= 15 is 0 Å². The van der Waals surface area contributed by atoms with Crippen LogP contribution in [0.15, 0.2) is 42.6 Å². The number of pyridine rings is 1.